The first-order chi connectivity index (χ1) is 16.0. The lowest BCUT2D eigenvalue weighted by Crippen LogP contribution is -2.31. The number of amides is 2. The van der Waals surface area contributed by atoms with Gasteiger partial charge in [0.2, 0.25) is 11.8 Å². The van der Waals surface area contributed by atoms with Crippen LogP contribution in [0.15, 0.2) is 59.4 Å². The largest absolute Gasteiger partial charge is 0.494 e. The van der Waals surface area contributed by atoms with Gasteiger partial charge in [-0.3, -0.25) is 19.5 Å². The maximum Gasteiger partial charge on any atom is 0.275 e. The molecule has 2 heterocycles. The minimum absolute atomic E-state index is 0.0305. The third-order valence-corrected chi connectivity index (χ3v) is 5.99. The number of carbonyl (C=O) groups is 2. The van der Waals surface area contributed by atoms with Gasteiger partial charge in [-0.15, -0.1) is 0 Å². The molecule has 2 amide bonds. The maximum absolute atomic E-state index is 13.2. The smallest absolute Gasteiger partial charge is 0.275 e. The average Bonchev–Trinajstić information content (AvgIpc) is 3.28. The Balaban J connectivity index is 1.51. The van der Waals surface area contributed by atoms with Crippen molar-refractivity contribution in [3.05, 3.63) is 76.2 Å². The van der Waals surface area contributed by atoms with Gasteiger partial charge in [-0.25, -0.2) is 9.58 Å². The molecule has 4 rings (SSSR count). The van der Waals surface area contributed by atoms with E-state index in [1.54, 1.807) is 31.2 Å². The molecule has 0 spiro atoms. The molecule has 1 aliphatic heterocycles. The Morgan fingerprint density at radius 1 is 0.939 bits per heavy atom. The van der Waals surface area contributed by atoms with Crippen LogP contribution in [0.2, 0.25) is 0 Å². The predicted molar refractivity (Wildman–Crippen MR) is 127 cm³/mol. The molecule has 0 radical (unpaired) electrons. The Morgan fingerprint density at radius 3 is 2.36 bits per heavy atom. The summed E-state index contributed by atoms with van der Waals surface area (Å²) in [6, 6.07) is 16.1. The molecule has 1 aromatic heterocycles. The van der Waals surface area contributed by atoms with Crippen molar-refractivity contribution in [2.24, 2.45) is 0 Å². The maximum atomic E-state index is 13.2. The van der Waals surface area contributed by atoms with Gasteiger partial charge in [0.05, 0.1) is 29.5 Å². The van der Waals surface area contributed by atoms with Gasteiger partial charge >= 0.3 is 0 Å². The quantitative estimate of drug-likeness (QED) is 0.387. The molecule has 1 saturated heterocycles. The van der Waals surface area contributed by atoms with Crippen LogP contribution in [0.5, 0.6) is 5.75 Å². The third-order valence-electron chi connectivity index (χ3n) is 5.99. The third kappa shape index (κ3) is 4.62. The number of carbonyl (C=O) groups excluding carboxylic acids is 2. The number of imide groups is 1. The number of aryl methyl sites for hydroxylation is 1. The number of hydrogen-bond donors (Lipinski definition) is 1. The Labute approximate surface area is 193 Å². The van der Waals surface area contributed by atoms with E-state index < -0.39 is 5.92 Å². The monoisotopic (exact) mass is 447 g/mol. The summed E-state index contributed by atoms with van der Waals surface area (Å²) in [6.45, 7) is 4.56. The Morgan fingerprint density at radius 2 is 1.67 bits per heavy atom. The predicted octanol–water partition coefficient (Wildman–Crippen LogP) is 4.48. The zero-order chi connectivity index (χ0) is 23.4. The van der Waals surface area contributed by atoms with Gasteiger partial charge < -0.3 is 4.74 Å². The number of nitrogens with one attached hydrogen (secondary N) is 1. The van der Waals surface area contributed by atoms with Crippen molar-refractivity contribution in [2.75, 3.05) is 11.5 Å². The molecule has 0 bridgehead atoms. The fraction of sp³-hybridized carbons (Fsp3) is 0.346. The van der Waals surface area contributed by atoms with Gasteiger partial charge in [-0.1, -0.05) is 44.4 Å². The molecule has 3 aromatic rings. The first-order valence-electron chi connectivity index (χ1n) is 11.5. The highest BCUT2D eigenvalue weighted by Crippen LogP contribution is 2.33. The van der Waals surface area contributed by atoms with Crippen LogP contribution in [0.1, 0.15) is 56.2 Å². The normalized spacial score (nSPS) is 15.9. The molecule has 172 valence electrons. The highest BCUT2D eigenvalue weighted by molar-refractivity contribution is 6.22. The second-order valence-corrected chi connectivity index (χ2v) is 8.35. The average molecular weight is 448 g/mol. The molecule has 1 atom stereocenters. The second kappa shape index (κ2) is 9.90. The van der Waals surface area contributed by atoms with Crippen LogP contribution in [0.25, 0.3) is 5.69 Å². The molecule has 1 fully saturated rings. The number of anilines is 1. The number of benzene rings is 2. The lowest BCUT2D eigenvalue weighted by atomic mass is 9.98. The van der Waals surface area contributed by atoms with E-state index in [1.807, 2.05) is 30.3 Å². The standard InChI is InChI=1S/C26H29N3O4/c1-3-4-5-9-16-33-21-14-12-19(13-15-21)28-23(30)17-22(25(28)31)24-18(2)27-29(26(24)32)20-10-7-6-8-11-20/h6-8,10-15,22,27H,3-5,9,16-17H2,1-2H3. The number of H-pyrrole nitrogens is 1. The van der Waals surface area contributed by atoms with Gasteiger partial charge in [-0.05, 0) is 49.7 Å². The molecule has 1 unspecified atom stereocenters. The number of aromatic nitrogens is 2. The molecule has 2 aromatic carbocycles. The van der Waals surface area contributed by atoms with Gasteiger partial charge in [0.15, 0.2) is 0 Å². The van der Waals surface area contributed by atoms with Crippen molar-refractivity contribution in [2.45, 2.75) is 51.9 Å². The van der Waals surface area contributed by atoms with Crippen molar-refractivity contribution < 1.29 is 14.3 Å². The van der Waals surface area contributed by atoms with Crippen molar-refractivity contribution in [3.8, 4) is 11.4 Å². The van der Waals surface area contributed by atoms with Gasteiger partial charge in [0.1, 0.15) is 5.75 Å². The minimum atomic E-state index is -0.805. The Kier molecular flexibility index (Phi) is 6.77. The van der Waals surface area contributed by atoms with Crippen molar-refractivity contribution in [1.82, 2.24) is 9.78 Å². The van der Waals surface area contributed by atoms with E-state index in [2.05, 4.69) is 12.0 Å². The van der Waals surface area contributed by atoms with Gasteiger partial charge in [0.25, 0.3) is 5.56 Å². The summed E-state index contributed by atoms with van der Waals surface area (Å²) < 4.78 is 7.17. The molecular weight excluding hydrogens is 418 g/mol. The summed E-state index contributed by atoms with van der Waals surface area (Å²) in [5.41, 5.74) is 1.78. The van der Waals surface area contributed by atoms with Crippen molar-refractivity contribution >= 4 is 17.5 Å². The summed E-state index contributed by atoms with van der Waals surface area (Å²) in [5.74, 6) is -0.795. The highest BCUT2D eigenvalue weighted by atomic mass is 16.5. The number of ether oxygens (including phenoxy) is 1. The lowest BCUT2D eigenvalue weighted by molar-refractivity contribution is -0.121. The first-order valence-corrected chi connectivity index (χ1v) is 11.5. The van der Waals surface area contributed by atoms with E-state index in [1.165, 1.54) is 22.4 Å². The number of nitrogens with zero attached hydrogens (tertiary/aromatic N) is 2. The Hall–Kier alpha value is -3.61. The van der Waals surface area contributed by atoms with E-state index in [-0.39, 0.29) is 23.8 Å². The topological polar surface area (TPSA) is 84.4 Å². The summed E-state index contributed by atoms with van der Waals surface area (Å²) in [5, 5.41) is 3.04. The lowest BCUT2D eigenvalue weighted by Gasteiger charge is -2.15. The fourth-order valence-electron chi connectivity index (χ4n) is 4.27. The molecule has 0 aliphatic carbocycles. The Bertz CT molecular complexity index is 1180. The molecule has 0 saturated carbocycles. The van der Waals surface area contributed by atoms with Crippen LogP contribution in [-0.2, 0) is 9.59 Å². The molecule has 1 aliphatic rings. The SMILES string of the molecule is CCCCCCOc1ccc(N2C(=O)CC(c3c(C)[nH]n(-c4ccccc4)c3=O)C2=O)cc1. The number of rotatable bonds is 9. The summed E-state index contributed by atoms with van der Waals surface area (Å²) >= 11 is 0. The molecule has 1 N–H and O–H groups in total. The number of unbranched alkanes of at least 4 members (excludes halogenated alkanes) is 3. The van der Waals surface area contributed by atoms with Crippen LogP contribution >= 0.6 is 0 Å². The summed E-state index contributed by atoms with van der Waals surface area (Å²) in [7, 11) is 0. The fourth-order valence-corrected chi connectivity index (χ4v) is 4.27. The molecule has 33 heavy (non-hydrogen) atoms. The van der Waals surface area contributed by atoms with E-state index >= 15 is 0 Å². The molecule has 7 heteroatoms. The van der Waals surface area contributed by atoms with Crippen molar-refractivity contribution in [3.63, 3.8) is 0 Å². The van der Waals surface area contributed by atoms with Crippen LogP contribution in [-0.4, -0.2) is 28.2 Å². The number of para-hydroxylation sites is 1. The van der Waals surface area contributed by atoms with Crippen LogP contribution in [0.3, 0.4) is 0 Å². The summed E-state index contributed by atoms with van der Waals surface area (Å²) in [4.78, 5) is 40.3. The summed E-state index contributed by atoms with van der Waals surface area (Å²) in [6.07, 6.45) is 4.47. The zero-order valence-corrected chi connectivity index (χ0v) is 19.0. The van der Waals surface area contributed by atoms with E-state index in [9.17, 15) is 14.4 Å². The van der Waals surface area contributed by atoms with Gasteiger partial charge in [0, 0.05) is 12.1 Å². The van der Waals surface area contributed by atoms with E-state index in [0.29, 0.717) is 35.0 Å². The molecular formula is C26H29N3O4. The second-order valence-electron chi connectivity index (χ2n) is 8.35. The van der Waals surface area contributed by atoms with Crippen LogP contribution in [0, 0.1) is 6.92 Å². The number of aromatic amines is 1. The van der Waals surface area contributed by atoms with Gasteiger partial charge in [-0.2, -0.15) is 0 Å². The van der Waals surface area contributed by atoms with Crippen molar-refractivity contribution in [1.29, 1.82) is 0 Å². The minimum Gasteiger partial charge on any atom is -0.494 e. The van der Waals surface area contributed by atoms with Crippen LogP contribution < -0.4 is 15.2 Å². The first kappa shape index (κ1) is 22.6. The van der Waals surface area contributed by atoms with E-state index in [0.717, 1.165) is 12.8 Å². The number of hydrogen-bond acceptors (Lipinski definition) is 4. The molecule has 7 nitrogen and oxygen atoms in total. The van der Waals surface area contributed by atoms with Crippen LogP contribution in [0.4, 0.5) is 5.69 Å². The highest BCUT2D eigenvalue weighted by Gasteiger charge is 2.43. The zero-order valence-electron chi connectivity index (χ0n) is 19.0. The van der Waals surface area contributed by atoms with E-state index in [4.69, 9.17) is 4.74 Å².